The van der Waals surface area contributed by atoms with E-state index in [0.717, 1.165) is 26.0 Å². The predicted molar refractivity (Wildman–Crippen MR) is 66.5 cm³/mol. The molecule has 0 aromatic carbocycles. The van der Waals surface area contributed by atoms with Gasteiger partial charge in [-0.2, -0.15) is 0 Å². The van der Waals surface area contributed by atoms with Crippen LogP contribution in [-0.4, -0.2) is 36.5 Å². The van der Waals surface area contributed by atoms with Gasteiger partial charge < -0.3 is 15.2 Å². The molecule has 0 spiro atoms. The van der Waals surface area contributed by atoms with Crippen molar-refractivity contribution in [3.63, 3.8) is 0 Å². The van der Waals surface area contributed by atoms with Gasteiger partial charge in [0.05, 0.1) is 12.2 Å². The molecule has 1 heterocycles. The lowest BCUT2D eigenvalue weighted by Gasteiger charge is -2.20. The molecule has 0 aliphatic carbocycles. The van der Waals surface area contributed by atoms with E-state index in [1.54, 1.807) is 0 Å². The van der Waals surface area contributed by atoms with Crippen LogP contribution >= 0.6 is 0 Å². The monoisotopic (exact) mass is 229 g/mol. The molecule has 0 radical (unpaired) electrons. The van der Waals surface area contributed by atoms with E-state index in [2.05, 4.69) is 19.2 Å². The van der Waals surface area contributed by atoms with E-state index in [1.165, 1.54) is 12.8 Å². The molecule has 1 aliphatic heterocycles. The Morgan fingerprint density at radius 2 is 2.12 bits per heavy atom. The highest BCUT2D eigenvalue weighted by molar-refractivity contribution is 4.73. The molecule has 0 bridgehead atoms. The van der Waals surface area contributed by atoms with Crippen LogP contribution in [-0.2, 0) is 4.74 Å². The minimum atomic E-state index is -0.190. The van der Waals surface area contributed by atoms with E-state index in [0.29, 0.717) is 18.1 Å². The Bertz CT molecular complexity index is 179. The fourth-order valence-electron chi connectivity index (χ4n) is 2.38. The maximum absolute atomic E-state index is 9.27. The summed E-state index contributed by atoms with van der Waals surface area (Å²) in [5.74, 6) is 0.534. The molecule has 0 aromatic rings. The number of aliphatic hydroxyl groups excluding tert-OH is 1. The number of aliphatic hydroxyl groups is 1. The maximum atomic E-state index is 9.27. The first kappa shape index (κ1) is 13.9. The van der Waals surface area contributed by atoms with Crippen molar-refractivity contribution in [3.8, 4) is 0 Å². The highest BCUT2D eigenvalue weighted by Crippen LogP contribution is 2.17. The third-order valence-electron chi connectivity index (χ3n) is 3.20. The molecule has 3 heteroatoms. The van der Waals surface area contributed by atoms with Gasteiger partial charge in [0, 0.05) is 12.6 Å². The molecule has 96 valence electrons. The average molecular weight is 229 g/mol. The van der Waals surface area contributed by atoms with Gasteiger partial charge in [-0.1, -0.05) is 6.92 Å². The van der Waals surface area contributed by atoms with E-state index < -0.39 is 0 Å². The van der Waals surface area contributed by atoms with E-state index in [4.69, 9.17) is 4.74 Å². The zero-order valence-corrected chi connectivity index (χ0v) is 10.9. The molecule has 0 amide bonds. The number of rotatable bonds is 7. The Kier molecular flexibility index (Phi) is 6.32. The second-order valence-electron chi connectivity index (χ2n) is 5.37. The van der Waals surface area contributed by atoms with Crippen LogP contribution in [0.4, 0.5) is 0 Å². The summed E-state index contributed by atoms with van der Waals surface area (Å²) in [4.78, 5) is 0. The van der Waals surface area contributed by atoms with E-state index in [-0.39, 0.29) is 6.10 Å². The quantitative estimate of drug-likeness (QED) is 0.701. The average Bonchev–Trinajstić information content (AvgIpc) is 2.66. The molecule has 1 aliphatic rings. The summed E-state index contributed by atoms with van der Waals surface area (Å²) in [6.45, 7) is 8.18. The largest absolute Gasteiger partial charge is 0.393 e. The van der Waals surface area contributed by atoms with E-state index in [1.807, 2.05) is 6.92 Å². The van der Waals surface area contributed by atoms with Gasteiger partial charge in [0.15, 0.2) is 0 Å². The summed E-state index contributed by atoms with van der Waals surface area (Å²) in [6.07, 6.45) is 4.70. The van der Waals surface area contributed by atoms with Crippen molar-refractivity contribution >= 4 is 0 Å². The Morgan fingerprint density at radius 3 is 2.69 bits per heavy atom. The van der Waals surface area contributed by atoms with Crippen molar-refractivity contribution in [1.82, 2.24) is 5.32 Å². The van der Waals surface area contributed by atoms with Gasteiger partial charge in [-0.05, 0) is 52.0 Å². The normalized spacial score (nSPS) is 26.6. The summed E-state index contributed by atoms with van der Waals surface area (Å²) in [5, 5.41) is 12.8. The molecule has 4 atom stereocenters. The number of ether oxygens (including phenoxy) is 1. The first-order chi connectivity index (χ1) is 7.58. The lowest BCUT2D eigenvalue weighted by Crippen LogP contribution is -2.33. The maximum Gasteiger partial charge on any atom is 0.0590 e. The van der Waals surface area contributed by atoms with Crippen LogP contribution in [0.5, 0.6) is 0 Å². The summed E-state index contributed by atoms with van der Waals surface area (Å²) in [7, 11) is 0. The molecule has 1 saturated heterocycles. The van der Waals surface area contributed by atoms with E-state index in [9.17, 15) is 5.11 Å². The zero-order valence-electron chi connectivity index (χ0n) is 10.9. The van der Waals surface area contributed by atoms with Gasteiger partial charge >= 0.3 is 0 Å². The van der Waals surface area contributed by atoms with Crippen LogP contribution in [0.2, 0.25) is 0 Å². The van der Waals surface area contributed by atoms with Crippen molar-refractivity contribution in [1.29, 1.82) is 0 Å². The first-order valence-corrected chi connectivity index (χ1v) is 6.61. The second-order valence-corrected chi connectivity index (χ2v) is 5.37. The number of hydrogen-bond acceptors (Lipinski definition) is 3. The molecular formula is C13H27NO2. The first-order valence-electron chi connectivity index (χ1n) is 6.61. The molecule has 2 N–H and O–H groups in total. The Labute approximate surface area is 99.6 Å². The van der Waals surface area contributed by atoms with Crippen molar-refractivity contribution in [2.45, 2.75) is 64.7 Å². The van der Waals surface area contributed by atoms with Crippen LogP contribution in [0.25, 0.3) is 0 Å². The minimum absolute atomic E-state index is 0.190. The standard InChI is InChI=1S/C13H27NO2/c1-10(7-12(3)15)9-14-11(2)8-13-5-4-6-16-13/h10-15H,4-9H2,1-3H3. The second kappa shape index (κ2) is 7.25. The van der Waals surface area contributed by atoms with Gasteiger partial charge in [-0.25, -0.2) is 0 Å². The van der Waals surface area contributed by atoms with Crippen molar-refractivity contribution in [2.75, 3.05) is 13.2 Å². The van der Waals surface area contributed by atoms with Gasteiger partial charge in [0.2, 0.25) is 0 Å². The predicted octanol–water partition coefficient (Wildman–Crippen LogP) is 1.94. The van der Waals surface area contributed by atoms with Crippen LogP contribution in [0.1, 0.15) is 46.5 Å². The topological polar surface area (TPSA) is 41.5 Å². The Morgan fingerprint density at radius 1 is 1.38 bits per heavy atom. The highest BCUT2D eigenvalue weighted by atomic mass is 16.5. The van der Waals surface area contributed by atoms with Crippen molar-refractivity contribution in [2.24, 2.45) is 5.92 Å². The Balaban J connectivity index is 2.06. The molecule has 1 fully saturated rings. The van der Waals surface area contributed by atoms with E-state index >= 15 is 0 Å². The third kappa shape index (κ3) is 5.83. The fraction of sp³-hybridized carbons (Fsp3) is 1.00. The smallest absolute Gasteiger partial charge is 0.0590 e. The van der Waals surface area contributed by atoms with Gasteiger partial charge in [0.25, 0.3) is 0 Å². The summed E-state index contributed by atoms with van der Waals surface area (Å²) in [5.41, 5.74) is 0. The van der Waals surface area contributed by atoms with Gasteiger partial charge in [-0.15, -0.1) is 0 Å². The van der Waals surface area contributed by atoms with Gasteiger partial charge in [0.1, 0.15) is 0 Å². The van der Waals surface area contributed by atoms with Gasteiger partial charge in [-0.3, -0.25) is 0 Å². The molecule has 4 unspecified atom stereocenters. The lowest BCUT2D eigenvalue weighted by molar-refractivity contribution is 0.0952. The van der Waals surface area contributed by atoms with Crippen LogP contribution in [0.15, 0.2) is 0 Å². The molecule has 16 heavy (non-hydrogen) atoms. The summed E-state index contributed by atoms with van der Waals surface area (Å²) >= 11 is 0. The highest BCUT2D eigenvalue weighted by Gasteiger charge is 2.18. The molecular weight excluding hydrogens is 202 g/mol. The van der Waals surface area contributed by atoms with Crippen LogP contribution < -0.4 is 5.32 Å². The molecule has 0 aromatic heterocycles. The van der Waals surface area contributed by atoms with Crippen molar-refractivity contribution < 1.29 is 9.84 Å². The lowest BCUT2D eigenvalue weighted by atomic mass is 10.0. The zero-order chi connectivity index (χ0) is 12.0. The van der Waals surface area contributed by atoms with Crippen LogP contribution in [0, 0.1) is 5.92 Å². The number of nitrogens with one attached hydrogen (secondary N) is 1. The summed E-state index contributed by atoms with van der Waals surface area (Å²) in [6, 6.07) is 0.513. The molecule has 0 saturated carbocycles. The Hall–Kier alpha value is -0.120. The van der Waals surface area contributed by atoms with Crippen molar-refractivity contribution in [3.05, 3.63) is 0 Å². The number of hydrogen-bond donors (Lipinski definition) is 2. The molecule has 3 nitrogen and oxygen atoms in total. The SMILES string of the molecule is CC(O)CC(C)CNC(C)CC1CCCO1. The van der Waals surface area contributed by atoms with Crippen LogP contribution in [0.3, 0.4) is 0 Å². The fourth-order valence-corrected chi connectivity index (χ4v) is 2.38. The molecule has 1 rings (SSSR count). The summed E-state index contributed by atoms with van der Waals surface area (Å²) < 4.78 is 5.61. The third-order valence-corrected chi connectivity index (χ3v) is 3.20. The minimum Gasteiger partial charge on any atom is -0.393 e.